The van der Waals surface area contributed by atoms with Crippen molar-refractivity contribution in [1.82, 2.24) is 14.8 Å². The number of amides is 1. The molecule has 0 aliphatic carbocycles. The molecule has 0 saturated carbocycles. The van der Waals surface area contributed by atoms with Crippen LogP contribution in [0.15, 0.2) is 30.3 Å². The second-order valence-corrected chi connectivity index (χ2v) is 8.78. The van der Waals surface area contributed by atoms with Gasteiger partial charge in [-0.05, 0) is 69.2 Å². The Hall–Kier alpha value is -2.41. The number of carbonyl (C=O) groups excluding carboxylic acids is 1. The van der Waals surface area contributed by atoms with Gasteiger partial charge in [0.25, 0.3) is 5.91 Å². The molecule has 0 bridgehead atoms. The molecule has 2 aromatic carbocycles. The van der Waals surface area contributed by atoms with Gasteiger partial charge in [0.2, 0.25) is 5.13 Å². The van der Waals surface area contributed by atoms with Gasteiger partial charge in [0.15, 0.2) is 0 Å². The van der Waals surface area contributed by atoms with Crippen molar-refractivity contribution in [2.24, 2.45) is 0 Å². The second-order valence-electron chi connectivity index (χ2n) is 6.96. The first-order chi connectivity index (χ1) is 13.7. The van der Waals surface area contributed by atoms with E-state index in [1.54, 1.807) is 29.5 Å². The summed E-state index contributed by atoms with van der Waals surface area (Å²) in [6.45, 7) is 7.90. The highest BCUT2D eigenvalue weighted by Gasteiger charge is 2.18. The van der Waals surface area contributed by atoms with E-state index in [0.717, 1.165) is 43.6 Å². The molecule has 0 aliphatic rings. The number of fused-ring (bicyclic) bond motifs is 1. The van der Waals surface area contributed by atoms with Crippen LogP contribution in [0.1, 0.15) is 32.9 Å². The van der Waals surface area contributed by atoms with Gasteiger partial charge in [0, 0.05) is 16.4 Å². The highest BCUT2D eigenvalue weighted by molar-refractivity contribution is 7.21. The number of hydrogen-bond acceptors (Lipinski definition) is 4. The number of anilines is 1. The topological polar surface area (TPSA) is 59.8 Å². The van der Waals surface area contributed by atoms with Gasteiger partial charge in [0.1, 0.15) is 0 Å². The monoisotopic (exact) mass is 444 g/mol. The lowest BCUT2D eigenvalue weighted by molar-refractivity contribution is 0.102. The normalized spacial score (nSPS) is 11.2. The van der Waals surface area contributed by atoms with Crippen LogP contribution in [0.4, 0.5) is 5.69 Å². The van der Waals surface area contributed by atoms with Crippen LogP contribution in [-0.4, -0.2) is 20.7 Å². The molecule has 29 heavy (non-hydrogen) atoms. The molecule has 0 unspecified atom stereocenters. The Morgan fingerprint density at radius 2 is 1.86 bits per heavy atom. The molecule has 0 spiro atoms. The molecule has 5 nitrogen and oxygen atoms in total. The SMILES string of the molecule is Cc1cc(C)n(-c2nc3cc(C)c(NC(=O)c4ccc(Cl)cc4Cl)c(C)c3s2)n1. The lowest BCUT2D eigenvalue weighted by Gasteiger charge is -2.13. The summed E-state index contributed by atoms with van der Waals surface area (Å²) in [7, 11) is 0. The number of benzene rings is 2. The Balaban J connectivity index is 1.75. The van der Waals surface area contributed by atoms with Gasteiger partial charge in [0.05, 0.1) is 26.5 Å². The van der Waals surface area contributed by atoms with Crippen LogP contribution in [0, 0.1) is 27.7 Å². The summed E-state index contributed by atoms with van der Waals surface area (Å²) in [5, 5.41) is 9.13. The fraction of sp³-hybridized carbons (Fsp3) is 0.190. The van der Waals surface area contributed by atoms with Crippen LogP contribution in [0.2, 0.25) is 10.0 Å². The zero-order valence-corrected chi connectivity index (χ0v) is 18.6. The van der Waals surface area contributed by atoms with Gasteiger partial charge in [-0.2, -0.15) is 5.10 Å². The van der Waals surface area contributed by atoms with Crippen molar-refractivity contribution >= 4 is 56.3 Å². The van der Waals surface area contributed by atoms with Crippen LogP contribution < -0.4 is 5.32 Å². The molecule has 0 atom stereocenters. The van der Waals surface area contributed by atoms with Crippen molar-refractivity contribution in [2.75, 3.05) is 5.32 Å². The number of aryl methyl sites for hydroxylation is 4. The molecular formula is C21H18Cl2N4OS. The van der Waals surface area contributed by atoms with E-state index < -0.39 is 0 Å². The number of thiazole rings is 1. The highest BCUT2D eigenvalue weighted by atomic mass is 35.5. The van der Waals surface area contributed by atoms with Crippen molar-refractivity contribution in [3.05, 3.63) is 68.5 Å². The van der Waals surface area contributed by atoms with Crippen LogP contribution in [0.3, 0.4) is 0 Å². The van der Waals surface area contributed by atoms with Crippen LogP contribution in [-0.2, 0) is 0 Å². The number of nitrogens with zero attached hydrogens (tertiary/aromatic N) is 3. The summed E-state index contributed by atoms with van der Waals surface area (Å²) in [5.41, 5.74) is 5.89. The van der Waals surface area contributed by atoms with Crippen molar-refractivity contribution in [1.29, 1.82) is 0 Å². The lowest BCUT2D eigenvalue weighted by Crippen LogP contribution is -2.14. The lowest BCUT2D eigenvalue weighted by atomic mass is 10.1. The minimum Gasteiger partial charge on any atom is -0.321 e. The third-order valence-electron chi connectivity index (χ3n) is 4.71. The quantitative estimate of drug-likeness (QED) is 0.404. The van der Waals surface area contributed by atoms with Crippen molar-refractivity contribution in [2.45, 2.75) is 27.7 Å². The third-order valence-corrected chi connectivity index (χ3v) is 6.42. The number of carbonyl (C=O) groups is 1. The summed E-state index contributed by atoms with van der Waals surface area (Å²) < 4.78 is 2.86. The van der Waals surface area contributed by atoms with E-state index in [0.29, 0.717) is 15.6 Å². The molecule has 4 rings (SSSR count). The molecule has 1 N–H and O–H groups in total. The largest absolute Gasteiger partial charge is 0.321 e. The van der Waals surface area contributed by atoms with E-state index in [1.807, 2.05) is 44.5 Å². The minimum absolute atomic E-state index is 0.277. The molecule has 2 aromatic heterocycles. The number of aromatic nitrogens is 3. The van der Waals surface area contributed by atoms with Crippen LogP contribution in [0.5, 0.6) is 0 Å². The van der Waals surface area contributed by atoms with Gasteiger partial charge >= 0.3 is 0 Å². The van der Waals surface area contributed by atoms with Gasteiger partial charge in [-0.15, -0.1) is 0 Å². The second kappa shape index (κ2) is 7.44. The fourth-order valence-corrected chi connectivity index (χ4v) is 4.89. The van der Waals surface area contributed by atoms with Crippen LogP contribution in [0.25, 0.3) is 15.3 Å². The Morgan fingerprint density at radius 1 is 1.10 bits per heavy atom. The Kier molecular flexibility index (Phi) is 5.11. The smallest absolute Gasteiger partial charge is 0.257 e. The average molecular weight is 445 g/mol. The summed E-state index contributed by atoms with van der Waals surface area (Å²) in [4.78, 5) is 17.5. The zero-order chi connectivity index (χ0) is 20.9. The van der Waals surface area contributed by atoms with Gasteiger partial charge in [-0.3, -0.25) is 4.79 Å². The Bertz CT molecular complexity index is 1280. The number of rotatable bonds is 3. The summed E-state index contributed by atoms with van der Waals surface area (Å²) in [6.07, 6.45) is 0. The van der Waals surface area contributed by atoms with E-state index in [-0.39, 0.29) is 5.91 Å². The summed E-state index contributed by atoms with van der Waals surface area (Å²) >= 11 is 13.7. The van der Waals surface area contributed by atoms with Crippen molar-refractivity contribution < 1.29 is 4.79 Å². The van der Waals surface area contributed by atoms with E-state index in [9.17, 15) is 4.79 Å². The highest BCUT2D eigenvalue weighted by Crippen LogP contribution is 2.35. The van der Waals surface area contributed by atoms with E-state index in [2.05, 4.69) is 10.4 Å². The van der Waals surface area contributed by atoms with Crippen LogP contribution >= 0.6 is 34.5 Å². The standard InChI is InChI=1S/C21H18Cl2N4OS/c1-10-7-17-19(29-21(24-17)27-12(3)8-11(2)26-27)13(4)18(10)25-20(28)15-6-5-14(22)9-16(15)23/h5-9H,1-4H3,(H,25,28). The summed E-state index contributed by atoms with van der Waals surface area (Å²) in [6, 6.07) is 8.83. The number of hydrogen-bond donors (Lipinski definition) is 1. The average Bonchev–Trinajstić information content (AvgIpc) is 3.20. The maximum Gasteiger partial charge on any atom is 0.257 e. The fourth-order valence-electron chi connectivity index (χ4n) is 3.33. The molecule has 0 radical (unpaired) electrons. The van der Waals surface area contributed by atoms with Crippen molar-refractivity contribution in [3.8, 4) is 5.13 Å². The summed E-state index contributed by atoms with van der Waals surface area (Å²) in [5.74, 6) is -0.277. The van der Waals surface area contributed by atoms with Gasteiger partial charge in [-0.1, -0.05) is 34.5 Å². The first kappa shape index (κ1) is 19.9. The number of nitrogens with one attached hydrogen (secondary N) is 1. The maximum atomic E-state index is 12.8. The minimum atomic E-state index is -0.277. The molecule has 8 heteroatoms. The Labute approximate surface area is 182 Å². The molecule has 2 heterocycles. The molecule has 0 fully saturated rings. The predicted molar refractivity (Wildman–Crippen MR) is 120 cm³/mol. The van der Waals surface area contributed by atoms with E-state index >= 15 is 0 Å². The first-order valence-electron chi connectivity index (χ1n) is 8.95. The van der Waals surface area contributed by atoms with Gasteiger partial charge < -0.3 is 5.32 Å². The molecule has 0 aliphatic heterocycles. The van der Waals surface area contributed by atoms with E-state index in [4.69, 9.17) is 28.2 Å². The predicted octanol–water partition coefficient (Wildman–Crippen LogP) is 6.27. The van der Waals surface area contributed by atoms with Gasteiger partial charge in [-0.25, -0.2) is 9.67 Å². The maximum absolute atomic E-state index is 12.8. The van der Waals surface area contributed by atoms with E-state index in [1.165, 1.54) is 0 Å². The molecule has 4 aromatic rings. The van der Waals surface area contributed by atoms with Crippen molar-refractivity contribution in [3.63, 3.8) is 0 Å². The first-order valence-corrected chi connectivity index (χ1v) is 10.5. The molecule has 148 valence electrons. The molecule has 1 amide bonds. The molecule has 0 saturated heterocycles. The number of halogens is 2. The Morgan fingerprint density at radius 3 is 2.52 bits per heavy atom. The zero-order valence-electron chi connectivity index (χ0n) is 16.3. The molecular weight excluding hydrogens is 427 g/mol. The third kappa shape index (κ3) is 3.64.